The van der Waals surface area contributed by atoms with Crippen LogP contribution in [-0.4, -0.2) is 62.0 Å². The summed E-state index contributed by atoms with van der Waals surface area (Å²) in [5, 5.41) is 3.28. The molecule has 6 nitrogen and oxygen atoms in total. The number of likely N-dealkylation sites (N-methyl/N-ethyl adjacent to an activating group) is 1. The fourth-order valence-electron chi connectivity index (χ4n) is 2.50. The first kappa shape index (κ1) is 21.3. The summed E-state index contributed by atoms with van der Waals surface area (Å²) in [7, 11) is 3.28. The second-order valence-corrected chi connectivity index (χ2v) is 6.38. The summed E-state index contributed by atoms with van der Waals surface area (Å²) in [4.78, 5) is 28.1. The van der Waals surface area contributed by atoms with Gasteiger partial charge in [0.25, 0.3) is 0 Å². The molecule has 0 saturated heterocycles. The maximum Gasteiger partial charge on any atom is 0.238 e. The van der Waals surface area contributed by atoms with Crippen molar-refractivity contribution in [3.63, 3.8) is 0 Å². The number of carbonyl (C=O) groups excluding carboxylic acids is 2. The van der Waals surface area contributed by atoms with Crippen molar-refractivity contribution in [1.29, 1.82) is 0 Å². The molecule has 0 aliphatic carbocycles. The first-order chi connectivity index (χ1) is 11.9. The van der Waals surface area contributed by atoms with E-state index in [1.54, 1.807) is 30.1 Å². The number of hydrogen-bond acceptors (Lipinski definition) is 4. The maximum absolute atomic E-state index is 12.3. The zero-order chi connectivity index (χ0) is 18.8. The summed E-state index contributed by atoms with van der Waals surface area (Å²) >= 11 is 5.96. The molecule has 140 valence electrons. The van der Waals surface area contributed by atoms with Crippen molar-refractivity contribution in [2.75, 3.05) is 45.7 Å². The average molecular weight is 370 g/mol. The molecule has 1 rings (SSSR count). The Kier molecular flexibility index (Phi) is 9.31. The number of nitrogens with zero attached hydrogens (tertiary/aromatic N) is 2. The van der Waals surface area contributed by atoms with Crippen molar-refractivity contribution < 1.29 is 14.3 Å². The van der Waals surface area contributed by atoms with Gasteiger partial charge in [-0.3, -0.25) is 14.5 Å². The Hall–Kier alpha value is -1.79. The van der Waals surface area contributed by atoms with Gasteiger partial charge in [0.2, 0.25) is 11.8 Å². The van der Waals surface area contributed by atoms with Crippen LogP contribution in [0.1, 0.15) is 26.7 Å². The molecule has 1 aromatic rings. The number of nitrogens with one attached hydrogen (secondary N) is 1. The van der Waals surface area contributed by atoms with Gasteiger partial charge in [0.1, 0.15) is 5.75 Å². The summed E-state index contributed by atoms with van der Waals surface area (Å²) in [6.45, 7) is 5.89. The Balaban J connectivity index is 2.59. The number of benzene rings is 1. The Morgan fingerprint density at radius 3 is 2.36 bits per heavy atom. The highest BCUT2D eigenvalue weighted by atomic mass is 35.5. The molecule has 0 aromatic heterocycles. The van der Waals surface area contributed by atoms with Crippen LogP contribution in [0.5, 0.6) is 5.75 Å². The molecule has 25 heavy (non-hydrogen) atoms. The van der Waals surface area contributed by atoms with Gasteiger partial charge < -0.3 is 15.0 Å². The molecule has 0 fully saturated rings. The van der Waals surface area contributed by atoms with Crippen molar-refractivity contribution in [2.24, 2.45) is 0 Å². The molecule has 0 aliphatic heterocycles. The number of carbonyl (C=O) groups is 2. The molecule has 0 unspecified atom stereocenters. The number of hydrogen-bond donors (Lipinski definition) is 1. The summed E-state index contributed by atoms with van der Waals surface area (Å²) in [6, 6.07) is 5.02. The first-order valence-electron chi connectivity index (χ1n) is 8.50. The molecule has 0 radical (unpaired) electrons. The molecule has 0 spiro atoms. The summed E-state index contributed by atoms with van der Waals surface area (Å²) in [6.07, 6.45) is 1.84. The molecule has 0 heterocycles. The lowest BCUT2D eigenvalue weighted by Crippen LogP contribution is -2.42. The number of methoxy groups -OCH3 is 1. The van der Waals surface area contributed by atoms with E-state index >= 15 is 0 Å². The minimum atomic E-state index is -0.228. The lowest BCUT2D eigenvalue weighted by atomic mass is 10.3. The van der Waals surface area contributed by atoms with Crippen LogP contribution in [0, 0.1) is 0 Å². The molecule has 0 bridgehead atoms. The van der Waals surface area contributed by atoms with E-state index < -0.39 is 0 Å². The van der Waals surface area contributed by atoms with E-state index in [2.05, 4.69) is 5.32 Å². The summed E-state index contributed by atoms with van der Waals surface area (Å²) in [5.41, 5.74) is 0.512. The predicted octanol–water partition coefficient (Wildman–Crippen LogP) is 2.87. The standard InChI is InChI=1S/C18H28ClN3O3/c1-5-9-22(10-6-2)18(24)13-21(3)12-17(23)20-15-11-14(19)7-8-16(15)25-4/h7-8,11H,5-6,9-10,12-13H2,1-4H3,(H,20,23). The minimum Gasteiger partial charge on any atom is -0.495 e. The number of halogens is 1. The molecule has 0 saturated carbocycles. The second-order valence-electron chi connectivity index (χ2n) is 5.95. The molecular formula is C18H28ClN3O3. The van der Waals surface area contributed by atoms with E-state index in [1.165, 1.54) is 7.11 Å². The fraction of sp³-hybridized carbons (Fsp3) is 0.556. The highest BCUT2D eigenvalue weighted by Crippen LogP contribution is 2.27. The van der Waals surface area contributed by atoms with Crippen LogP contribution >= 0.6 is 11.6 Å². The average Bonchev–Trinajstić information content (AvgIpc) is 2.54. The molecule has 2 amide bonds. The normalized spacial score (nSPS) is 10.6. The van der Waals surface area contributed by atoms with Crippen molar-refractivity contribution in [3.8, 4) is 5.75 Å². The van der Waals surface area contributed by atoms with Crippen molar-refractivity contribution in [3.05, 3.63) is 23.2 Å². The topological polar surface area (TPSA) is 61.9 Å². The van der Waals surface area contributed by atoms with Crippen LogP contribution in [0.15, 0.2) is 18.2 Å². The van der Waals surface area contributed by atoms with Gasteiger partial charge in [-0.05, 0) is 38.1 Å². The highest BCUT2D eigenvalue weighted by Gasteiger charge is 2.16. The lowest BCUT2D eigenvalue weighted by molar-refractivity contribution is -0.132. The summed E-state index contributed by atoms with van der Waals surface area (Å²) < 4.78 is 5.21. The van der Waals surface area contributed by atoms with E-state index in [0.29, 0.717) is 16.5 Å². The molecule has 0 aliphatic rings. The third-order valence-corrected chi connectivity index (χ3v) is 3.83. The van der Waals surface area contributed by atoms with Gasteiger partial charge in [-0.15, -0.1) is 0 Å². The van der Waals surface area contributed by atoms with Gasteiger partial charge in [-0.2, -0.15) is 0 Å². The third kappa shape index (κ3) is 7.32. The summed E-state index contributed by atoms with van der Waals surface area (Å²) in [5.74, 6) is 0.348. The molecule has 0 atom stereocenters. The molecule has 7 heteroatoms. The van der Waals surface area contributed by atoms with E-state index in [0.717, 1.165) is 25.9 Å². The van der Waals surface area contributed by atoms with Crippen molar-refractivity contribution in [1.82, 2.24) is 9.80 Å². The van der Waals surface area contributed by atoms with Gasteiger partial charge in [-0.1, -0.05) is 25.4 Å². The first-order valence-corrected chi connectivity index (χ1v) is 8.88. The second kappa shape index (κ2) is 10.9. The van der Waals surface area contributed by atoms with E-state index in [4.69, 9.17) is 16.3 Å². The zero-order valence-corrected chi connectivity index (χ0v) is 16.2. The number of rotatable bonds is 10. The SMILES string of the molecule is CCCN(CCC)C(=O)CN(C)CC(=O)Nc1cc(Cl)ccc1OC. The van der Waals surface area contributed by atoms with E-state index in [-0.39, 0.29) is 24.9 Å². The monoisotopic (exact) mass is 369 g/mol. The van der Waals surface area contributed by atoms with Crippen molar-refractivity contribution >= 4 is 29.1 Å². The number of ether oxygens (including phenoxy) is 1. The Labute approximate surface area is 155 Å². The van der Waals surface area contributed by atoms with E-state index in [9.17, 15) is 9.59 Å². The van der Waals surface area contributed by atoms with Crippen LogP contribution in [0.25, 0.3) is 0 Å². The molecular weight excluding hydrogens is 342 g/mol. The maximum atomic E-state index is 12.3. The van der Waals surface area contributed by atoms with Gasteiger partial charge in [0, 0.05) is 18.1 Å². The zero-order valence-electron chi connectivity index (χ0n) is 15.5. The highest BCUT2D eigenvalue weighted by molar-refractivity contribution is 6.31. The quantitative estimate of drug-likeness (QED) is 0.688. The van der Waals surface area contributed by atoms with Crippen LogP contribution < -0.4 is 10.1 Å². The Morgan fingerprint density at radius 2 is 1.80 bits per heavy atom. The predicted molar refractivity (Wildman–Crippen MR) is 101 cm³/mol. The minimum absolute atomic E-state index is 0.0411. The van der Waals surface area contributed by atoms with Gasteiger partial charge in [-0.25, -0.2) is 0 Å². The largest absolute Gasteiger partial charge is 0.495 e. The number of anilines is 1. The van der Waals surface area contributed by atoms with Crippen LogP contribution in [0.3, 0.4) is 0 Å². The molecule has 1 N–H and O–H groups in total. The number of amides is 2. The van der Waals surface area contributed by atoms with Crippen molar-refractivity contribution in [2.45, 2.75) is 26.7 Å². The van der Waals surface area contributed by atoms with Crippen LogP contribution in [0.4, 0.5) is 5.69 Å². The Bertz CT molecular complexity index is 575. The van der Waals surface area contributed by atoms with E-state index in [1.807, 2.05) is 18.7 Å². The van der Waals surface area contributed by atoms with Crippen LogP contribution in [0.2, 0.25) is 5.02 Å². The van der Waals surface area contributed by atoms with Crippen LogP contribution in [-0.2, 0) is 9.59 Å². The lowest BCUT2D eigenvalue weighted by Gasteiger charge is -2.24. The van der Waals surface area contributed by atoms with Gasteiger partial charge in [0.05, 0.1) is 25.9 Å². The Morgan fingerprint density at radius 1 is 1.16 bits per heavy atom. The molecule has 1 aromatic carbocycles. The van der Waals surface area contributed by atoms with Gasteiger partial charge in [0.15, 0.2) is 0 Å². The smallest absolute Gasteiger partial charge is 0.238 e. The fourth-order valence-corrected chi connectivity index (χ4v) is 2.67. The third-order valence-electron chi connectivity index (χ3n) is 3.59. The van der Waals surface area contributed by atoms with Gasteiger partial charge >= 0.3 is 0 Å².